The fourth-order valence-corrected chi connectivity index (χ4v) is 4.29. The summed E-state index contributed by atoms with van der Waals surface area (Å²) in [6.07, 6.45) is 0. The number of carbonyl (C=O) groups excluding carboxylic acids is 1. The van der Waals surface area contributed by atoms with E-state index in [1.807, 2.05) is 54.6 Å². The number of benzene rings is 3. The Kier molecular flexibility index (Phi) is 7.38. The van der Waals surface area contributed by atoms with Gasteiger partial charge in [0.25, 0.3) is 0 Å². The highest BCUT2D eigenvalue weighted by atomic mass is 32.2. The van der Waals surface area contributed by atoms with Crippen molar-refractivity contribution >= 4 is 17.7 Å². The number of rotatable bonds is 9. The summed E-state index contributed by atoms with van der Waals surface area (Å²) in [5.41, 5.74) is 5.00. The molecule has 0 aliphatic heterocycles. The van der Waals surface area contributed by atoms with E-state index in [1.54, 1.807) is 7.11 Å². The third kappa shape index (κ3) is 5.10. The first-order chi connectivity index (χ1) is 15.8. The molecule has 1 aromatic heterocycles. The van der Waals surface area contributed by atoms with Gasteiger partial charge in [0.1, 0.15) is 0 Å². The number of hydrogen-bond acceptors (Lipinski definition) is 4. The van der Waals surface area contributed by atoms with E-state index in [0.717, 1.165) is 33.4 Å². The van der Waals surface area contributed by atoms with E-state index in [2.05, 4.69) is 46.3 Å². The lowest BCUT2D eigenvalue weighted by atomic mass is 10.0. The monoisotopic (exact) mass is 443 g/mol. The predicted octanol–water partition coefficient (Wildman–Crippen LogP) is 5.06. The molecule has 3 aromatic carbocycles. The van der Waals surface area contributed by atoms with Gasteiger partial charge in [-0.15, -0.1) is 0 Å². The molecule has 1 heterocycles. The molecule has 4 rings (SSSR count). The van der Waals surface area contributed by atoms with Crippen LogP contribution in [0.15, 0.2) is 96.2 Å². The summed E-state index contributed by atoms with van der Waals surface area (Å²) < 4.78 is 7.15. The Bertz CT molecular complexity index is 1150. The van der Waals surface area contributed by atoms with Crippen molar-refractivity contribution < 1.29 is 9.53 Å². The van der Waals surface area contributed by atoms with Gasteiger partial charge in [0.2, 0.25) is 5.91 Å². The largest absolute Gasteiger partial charge is 0.383 e. The number of nitrogens with one attached hydrogen (secondary N) is 1. The Morgan fingerprint density at radius 3 is 2.12 bits per heavy atom. The molecule has 0 aliphatic rings. The summed E-state index contributed by atoms with van der Waals surface area (Å²) in [5.74, 6) is 0.230. The van der Waals surface area contributed by atoms with Crippen LogP contribution in [0.5, 0.6) is 0 Å². The topological polar surface area (TPSA) is 56.1 Å². The van der Waals surface area contributed by atoms with E-state index < -0.39 is 0 Å². The number of nitrogens with zero attached hydrogens (tertiary/aromatic N) is 2. The number of ether oxygens (including phenoxy) is 1. The van der Waals surface area contributed by atoms with Crippen LogP contribution >= 0.6 is 11.8 Å². The van der Waals surface area contributed by atoms with Gasteiger partial charge in [-0.05, 0) is 12.1 Å². The quantitative estimate of drug-likeness (QED) is 0.290. The Hall–Kier alpha value is -3.35. The van der Waals surface area contributed by atoms with Crippen LogP contribution in [0.25, 0.3) is 28.2 Å². The summed E-state index contributed by atoms with van der Waals surface area (Å²) >= 11 is 1.43. The number of hydrogen-bond donors (Lipinski definition) is 1. The minimum Gasteiger partial charge on any atom is -0.383 e. The van der Waals surface area contributed by atoms with Crippen molar-refractivity contribution in [3.8, 4) is 28.2 Å². The standard InChI is InChI=1S/C26H25N3O2S/c1-31-18-17-27-23(30)19-32-26-28-24(20-11-5-2-6-12-20)25(21-13-7-3-8-14-21)29(26)22-15-9-4-10-16-22/h2-16H,17-19H2,1H3,(H,27,30). The second-order valence-electron chi connectivity index (χ2n) is 7.13. The lowest BCUT2D eigenvalue weighted by Gasteiger charge is -2.13. The number of carbonyl (C=O) groups is 1. The van der Waals surface area contributed by atoms with Gasteiger partial charge in [0.15, 0.2) is 5.16 Å². The lowest BCUT2D eigenvalue weighted by Crippen LogP contribution is -2.28. The first-order valence-electron chi connectivity index (χ1n) is 10.5. The molecule has 0 atom stereocenters. The molecule has 162 valence electrons. The number of amides is 1. The molecule has 0 spiro atoms. The zero-order valence-electron chi connectivity index (χ0n) is 17.9. The predicted molar refractivity (Wildman–Crippen MR) is 130 cm³/mol. The molecule has 6 heteroatoms. The Morgan fingerprint density at radius 1 is 0.906 bits per heavy atom. The fourth-order valence-electron chi connectivity index (χ4n) is 3.45. The van der Waals surface area contributed by atoms with Gasteiger partial charge in [-0.2, -0.15) is 0 Å². The summed E-state index contributed by atoms with van der Waals surface area (Å²) in [5, 5.41) is 3.65. The van der Waals surface area contributed by atoms with E-state index in [-0.39, 0.29) is 11.7 Å². The molecule has 0 radical (unpaired) electrons. The van der Waals surface area contributed by atoms with Gasteiger partial charge in [-0.1, -0.05) is 90.6 Å². The van der Waals surface area contributed by atoms with Crippen LogP contribution in [-0.2, 0) is 9.53 Å². The third-order valence-corrected chi connectivity index (χ3v) is 5.85. The first-order valence-corrected chi connectivity index (χ1v) is 11.4. The second-order valence-corrected chi connectivity index (χ2v) is 8.07. The third-order valence-electron chi connectivity index (χ3n) is 4.92. The normalized spacial score (nSPS) is 10.8. The highest BCUT2D eigenvalue weighted by Crippen LogP contribution is 2.38. The molecule has 0 fully saturated rings. The molecule has 1 amide bonds. The molecule has 0 bridgehead atoms. The minimum atomic E-state index is -0.0443. The maximum absolute atomic E-state index is 12.3. The van der Waals surface area contributed by atoms with Gasteiger partial charge < -0.3 is 10.1 Å². The number of imidazole rings is 1. The van der Waals surface area contributed by atoms with Crippen LogP contribution in [0.2, 0.25) is 0 Å². The van der Waals surface area contributed by atoms with Crippen molar-refractivity contribution in [3.63, 3.8) is 0 Å². The maximum Gasteiger partial charge on any atom is 0.230 e. The molecule has 0 saturated heterocycles. The van der Waals surface area contributed by atoms with E-state index in [1.165, 1.54) is 11.8 Å². The number of aromatic nitrogens is 2. The van der Waals surface area contributed by atoms with Crippen molar-refractivity contribution in [3.05, 3.63) is 91.0 Å². The van der Waals surface area contributed by atoms with Crippen molar-refractivity contribution in [2.24, 2.45) is 0 Å². The summed E-state index contributed by atoms with van der Waals surface area (Å²) in [6, 6.07) is 30.6. The van der Waals surface area contributed by atoms with Crippen LogP contribution in [-0.4, -0.2) is 41.5 Å². The zero-order valence-corrected chi connectivity index (χ0v) is 18.7. The minimum absolute atomic E-state index is 0.0443. The van der Waals surface area contributed by atoms with Crippen molar-refractivity contribution in [2.45, 2.75) is 5.16 Å². The molecule has 5 nitrogen and oxygen atoms in total. The smallest absolute Gasteiger partial charge is 0.230 e. The summed E-state index contributed by atoms with van der Waals surface area (Å²) in [6.45, 7) is 0.985. The van der Waals surface area contributed by atoms with Gasteiger partial charge >= 0.3 is 0 Å². The molecule has 0 saturated carbocycles. The molecule has 32 heavy (non-hydrogen) atoms. The van der Waals surface area contributed by atoms with Crippen molar-refractivity contribution in [1.82, 2.24) is 14.9 Å². The van der Waals surface area contributed by atoms with Gasteiger partial charge in [-0.3, -0.25) is 9.36 Å². The average molecular weight is 444 g/mol. The molecule has 0 unspecified atom stereocenters. The molecule has 0 aliphatic carbocycles. The van der Waals surface area contributed by atoms with Crippen molar-refractivity contribution in [2.75, 3.05) is 26.0 Å². The molecular weight excluding hydrogens is 418 g/mol. The van der Waals surface area contributed by atoms with Crippen LogP contribution in [0.4, 0.5) is 0 Å². The Labute approximate surface area is 192 Å². The first kappa shape index (κ1) is 21.9. The van der Waals surface area contributed by atoms with E-state index >= 15 is 0 Å². The van der Waals surface area contributed by atoms with Crippen LogP contribution in [0, 0.1) is 0 Å². The van der Waals surface area contributed by atoms with E-state index in [4.69, 9.17) is 9.72 Å². The van der Waals surface area contributed by atoms with Gasteiger partial charge in [0, 0.05) is 30.5 Å². The van der Waals surface area contributed by atoms with Gasteiger partial charge in [0.05, 0.1) is 23.7 Å². The zero-order chi connectivity index (χ0) is 22.2. The second kappa shape index (κ2) is 10.8. The highest BCUT2D eigenvalue weighted by Gasteiger charge is 2.22. The summed E-state index contributed by atoms with van der Waals surface area (Å²) in [7, 11) is 1.62. The maximum atomic E-state index is 12.3. The highest BCUT2D eigenvalue weighted by molar-refractivity contribution is 7.99. The van der Waals surface area contributed by atoms with Crippen molar-refractivity contribution in [1.29, 1.82) is 0 Å². The molecule has 4 aromatic rings. The van der Waals surface area contributed by atoms with Crippen LogP contribution in [0.1, 0.15) is 0 Å². The fraction of sp³-hybridized carbons (Fsp3) is 0.154. The number of para-hydroxylation sites is 1. The molecule has 1 N–H and O–H groups in total. The van der Waals surface area contributed by atoms with Gasteiger partial charge in [-0.25, -0.2) is 4.98 Å². The van der Waals surface area contributed by atoms with E-state index in [0.29, 0.717) is 13.2 Å². The van der Waals surface area contributed by atoms with Crippen LogP contribution in [0.3, 0.4) is 0 Å². The lowest BCUT2D eigenvalue weighted by molar-refractivity contribution is -0.118. The Morgan fingerprint density at radius 2 is 1.50 bits per heavy atom. The average Bonchev–Trinajstić information content (AvgIpc) is 3.24. The summed E-state index contributed by atoms with van der Waals surface area (Å²) in [4.78, 5) is 17.4. The SMILES string of the molecule is COCCNC(=O)CSc1nc(-c2ccccc2)c(-c2ccccc2)n1-c1ccccc1. The number of methoxy groups -OCH3 is 1. The van der Waals surface area contributed by atoms with E-state index in [9.17, 15) is 4.79 Å². The Balaban J connectivity index is 1.80. The molecular formula is C26H25N3O2S. The van der Waals surface area contributed by atoms with Crippen LogP contribution < -0.4 is 5.32 Å². The number of thioether (sulfide) groups is 1.